The Morgan fingerprint density at radius 2 is 0.414 bits per heavy atom. The van der Waals surface area contributed by atoms with Gasteiger partial charge in [-0.25, -0.2) is 0 Å². The lowest BCUT2D eigenvalue weighted by Gasteiger charge is -2.39. The van der Waals surface area contributed by atoms with Crippen LogP contribution in [0.3, 0.4) is 0 Å². The number of benzene rings is 13. The van der Waals surface area contributed by atoms with Gasteiger partial charge in [-0.2, -0.15) is 0 Å². The molecule has 0 atom stereocenters. The van der Waals surface area contributed by atoms with Crippen molar-refractivity contribution in [1.82, 2.24) is 0 Å². The number of rotatable bonds is 6. The summed E-state index contributed by atoms with van der Waals surface area (Å²) in [7, 11) is 0. The van der Waals surface area contributed by atoms with Crippen LogP contribution in [-0.2, 0) is 16.2 Å². The van der Waals surface area contributed by atoms with Crippen LogP contribution in [0.1, 0.15) is 115 Å². The maximum atomic E-state index is 15.4. The molecule has 0 bridgehead atoms. The van der Waals surface area contributed by atoms with Gasteiger partial charge in [-0.1, -0.05) is 273 Å². The van der Waals surface area contributed by atoms with Crippen molar-refractivity contribution in [3.05, 3.63) is 391 Å². The van der Waals surface area contributed by atoms with Gasteiger partial charge in [0.15, 0.2) is 17.3 Å². The smallest absolute Gasteiger partial charge is 0.193 e. The van der Waals surface area contributed by atoms with Crippen LogP contribution in [0.15, 0.2) is 291 Å². The molecule has 3 nitrogen and oxygen atoms in total. The number of hydrogen-bond donors (Lipinski definition) is 0. The fourth-order valence-electron chi connectivity index (χ4n) is 17.4. The lowest BCUT2D eigenvalue weighted by Crippen LogP contribution is -2.34. The Labute approximate surface area is 503 Å². The molecule has 0 heterocycles. The summed E-state index contributed by atoms with van der Waals surface area (Å²) in [5.74, 6) is -0.134. The first-order chi connectivity index (χ1) is 42.9. The van der Waals surface area contributed by atoms with Crippen molar-refractivity contribution in [2.75, 3.05) is 0 Å². The third kappa shape index (κ3) is 5.80. The summed E-state index contributed by atoms with van der Waals surface area (Å²) < 4.78 is 0. The second-order valence-electron chi connectivity index (χ2n) is 24.1. The fraction of sp³-hybridized carbons (Fsp3) is 0.0357. The Balaban J connectivity index is 1.08. The normalized spacial score (nSPS) is 14.6. The largest absolute Gasteiger partial charge is 0.289 e. The predicted molar refractivity (Wildman–Crippen MR) is 345 cm³/mol. The molecular weight excluding hydrogens is 1060 g/mol. The number of ketones is 3. The lowest BCUT2D eigenvalue weighted by atomic mass is 9.61. The van der Waals surface area contributed by atoms with Gasteiger partial charge in [-0.15, -0.1) is 0 Å². The minimum atomic E-state index is -1.02. The number of carbonyl (C=O) groups is 3. The van der Waals surface area contributed by atoms with E-state index in [1.807, 2.05) is 91.0 Å². The standard InChI is InChI=1S/C84H48O3/c85-79(49-22-4-1-5-23-49)52-40-43-61-70(46-52)82(64-34-16-10-28-55(64)56-29-11-17-35-65(56)82)76-73(61)74-62-44-41-53(80(86)50-24-6-2-7-25-50)47-71(62)83(66-36-18-12-30-57(66)58-31-13-19-37-67(58)83)77(74)78-75(76)63-45-42-54(81(87)51-26-8-3-9-27-51)48-72(63)84(78)68-38-20-14-32-59(68)60-33-15-21-39-69(60)84/h1-48H. The fourth-order valence-corrected chi connectivity index (χ4v) is 17.4. The summed E-state index contributed by atoms with van der Waals surface area (Å²) in [6.07, 6.45) is 0. The molecular formula is C84H48O3. The molecule has 6 aliphatic rings. The molecule has 3 heteroatoms. The maximum absolute atomic E-state index is 15.4. The predicted octanol–water partition coefficient (Wildman–Crippen LogP) is 18.4. The van der Waals surface area contributed by atoms with E-state index in [0.29, 0.717) is 33.4 Å². The quantitative estimate of drug-likeness (QED) is 0.156. The Hall–Kier alpha value is -11.1. The summed E-state index contributed by atoms with van der Waals surface area (Å²) in [4.78, 5) is 45.9. The molecule has 0 N–H and O–H groups in total. The van der Waals surface area contributed by atoms with Crippen LogP contribution in [0.2, 0.25) is 0 Å². The van der Waals surface area contributed by atoms with Crippen LogP contribution < -0.4 is 0 Å². The maximum Gasteiger partial charge on any atom is 0.193 e. The Morgan fingerprint density at radius 3 is 0.713 bits per heavy atom. The van der Waals surface area contributed by atoms with Gasteiger partial charge in [-0.05, 0) is 152 Å². The molecule has 0 unspecified atom stereocenters. The molecule has 19 rings (SSSR count). The SMILES string of the molecule is O=C(c1ccccc1)c1ccc2c(c1)C1(c3ccccc3-c3ccccc31)c1c-2c2c(c3c1-c1ccc(C(=O)c4ccccc4)cc1C31c3ccccc3-c3ccccc31)C1(c3ccccc3-c3ccccc31)c1cc(C(=O)c3ccccc3)ccc1-2. The second kappa shape index (κ2) is 17.3. The monoisotopic (exact) mass is 1100 g/mol. The van der Waals surface area contributed by atoms with E-state index >= 15 is 14.4 Å². The molecule has 0 saturated heterocycles. The zero-order valence-electron chi connectivity index (χ0n) is 46.9. The molecule has 0 aliphatic heterocycles. The Kier molecular flexibility index (Phi) is 9.57. The minimum absolute atomic E-state index is 0.0438. The summed E-state index contributed by atoms with van der Waals surface area (Å²) in [5, 5.41) is 0. The highest BCUT2D eigenvalue weighted by atomic mass is 16.1. The summed E-state index contributed by atoms with van der Waals surface area (Å²) in [5.41, 5.74) is 27.6. The third-order valence-corrected chi connectivity index (χ3v) is 20.5. The van der Waals surface area contributed by atoms with Gasteiger partial charge >= 0.3 is 0 Å². The molecule has 0 amide bonds. The molecule has 0 saturated carbocycles. The Morgan fingerprint density at radius 1 is 0.184 bits per heavy atom. The molecule has 0 aromatic heterocycles. The van der Waals surface area contributed by atoms with Gasteiger partial charge in [0.1, 0.15) is 0 Å². The van der Waals surface area contributed by atoms with Crippen molar-refractivity contribution >= 4 is 17.3 Å². The van der Waals surface area contributed by atoms with E-state index in [-0.39, 0.29) is 17.3 Å². The third-order valence-electron chi connectivity index (χ3n) is 20.5. The Bertz CT molecular complexity index is 5140. The van der Waals surface area contributed by atoms with E-state index in [1.165, 1.54) is 11.1 Å². The van der Waals surface area contributed by atoms with E-state index in [0.717, 1.165) is 122 Å². The molecule has 3 spiro atoms. The molecule has 0 fully saturated rings. The van der Waals surface area contributed by atoms with E-state index in [4.69, 9.17) is 0 Å². The van der Waals surface area contributed by atoms with Crippen molar-refractivity contribution in [2.24, 2.45) is 0 Å². The first-order valence-electron chi connectivity index (χ1n) is 30.0. The molecule has 13 aromatic rings. The van der Waals surface area contributed by atoms with Crippen molar-refractivity contribution in [3.63, 3.8) is 0 Å². The summed E-state index contributed by atoms with van der Waals surface area (Å²) in [6, 6.07) is 102. The van der Waals surface area contributed by atoms with Gasteiger partial charge in [0, 0.05) is 33.4 Å². The highest BCUT2D eigenvalue weighted by molar-refractivity contribution is 6.17. The minimum Gasteiger partial charge on any atom is -0.289 e. The van der Waals surface area contributed by atoms with Gasteiger partial charge < -0.3 is 0 Å². The van der Waals surface area contributed by atoms with Crippen molar-refractivity contribution in [1.29, 1.82) is 0 Å². The summed E-state index contributed by atoms with van der Waals surface area (Å²) >= 11 is 0. The van der Waals surface area contributed by atoms with Crippen LogP contribution in [0.25, 0.3) is 66.8 Å². The average molecular weight is 1110 g/mol. The highest BCUT2D eigenvalue weighted by Crippen LogP contribution is 2.77. The van der Waals surface area contributed by atoms with Crippen LogP contribution in [0.4, 0.5) is 0 Å². The number of hydrogen-bond acceptors (Lipinski definition) is 3. The molecule has 87 heavy (non-hydrogen) atoms. The van der Waals surface area contributed by atoms with E-state index in [2.05, 4.69) is 200 Å². The molecule has 0 radical (unpaired) electrons. The molecule has 6 aliphatic carbocycles. The number of carbonyl (C=O) groups excluding carboxylic acids is 3. The van der Waals surface area contributed by atoms with Crippen LogP contribution in [-0.4, -0.2) is 17.3 Å². The van der Waals surface area contributed by atoms with Gasteiger partial charge in [0.25, 0.3) is 0 Å². The second-order valence-corrected chi connectivity index (χ2v) is 24.1. The topological polar surface area (TPSA) is 51.2 Å². The highest BCUT2D eigenvalue weighted by Gasteiger charge is 2.65. The van der Waals surface area contributed by atoms with E-state index < -0.39 is 16.2 Å². The van der Waals surface area contributed by atoms with Crippen LogP contribution in [0, 0.1) is 0 Å². The van der Waals surface area contributed by atoms with Crippen molar-refractivity contribution < 1.29 is 14.4 Å². The van der Waals surface area contributed by atoms with Crippen LogP contribution in [0.5, 0.6) is 0 Å². The van der Waals surface area contributed by atoms with Gasteiger partial charge in [-0.3, -0.25) is 14.4 Å². The van der Waals surface area contributed by atoms with Crippen molar-refractivity contribution in [3.8, 4) is 66.8 Å². The first kappa shape index (κ1) is 48.3. The van der Waals surface area contributed by atoms with E-state index in [1.54, 1.807) is 0 Å². The number of fused-ring (bicyclic) bond motifs is 33. The molecule has 402 valence electrons. The van der Waals surface area contributed by atoms with Crippen molar-refractivity contribution in [2.45, 2.75) is 16.2 Å². The van der Waals surface area contributed by atoms with E-state index in [9.17, 15) is 0 Å². The average Bonchev–Trinajstić information content (AvgIpc) is 1.45. The van der Waals surface area contributed by atoms with Crippen LogP contribution >= 0.6 is 0 Å². The summed E-state index contributed by atoms with van der Waals surface area (Å²) in [6.45, 7) is 0. The van der Waals surface area contributed by atoms with Gasteiger partial charge in [0.2, 0.25) is 0 Å². The first-order valence-corrected chi connectivity index (χ1v) is 30.0. The zero-order valence-corrected chi connectivity index (χ0v) is 46.9. The lowest BCUT2D eigenvalue weighted by molar-refractivity contribution is 0.103. The molecule has 13 aromatic carbocycles. The van der Waals surface area contributed by atoms with Gasteiger partial charge in [0.05, 0.1) is 16.2 Å². The zero-order chi connectivity index (χ0) is 57.5.